The molecule has 0 bridgehead atoms. The van der Waals surface area contributed by atoms with Crippen LogP contribution in [0.4, 0.5) is 5.13 Å². The zero-order valence-electron chi connectivity index (χ0n) is 16.0. The van der Waals surface area contributed by atoms with Gasteiger partial charge in [0.1, 0.15) is 5.01 Å². The summed E-state index contributed by atoms with van der Waals surface area (Å²) < 4.78 is 0. The van der Waals surface area contributed by atoms with Gasteiger partial charge in [0, 0.05) is 29.1 Å². The summed E-state index contributed by atoms with van der Waals surface area (Å²) in [6.07, 6.45) is 0.984. The lowest BCUT2D eigenvalue weighted by molar-refractivity contribution is 0.508. The van der Waals surface area contributed by atoms with Crippen LogP contribution < -0.4 is 11.1 Å². The van der Waals surface area contributed by atoms with E-state index in [-0.39, 0.29) is 6.04 Å². The molecule has 28 heavy (non-hydrogen) atoms. The summed E-state index contributed by atoms with van der Waals surface area (Å²) in [7, 11) is 0. The van der Waals surface area contributed by atoms with Crippen LogP contribution >= 0.6 is 11.3 Å². The molecule has 0 saturated heterocycles. The van der Waals surface area contributed by atoms with Gasteiger partial charge in [-0.25, -0.2) is 0 Å². The first-order valence-corrected chi connectivity index (χ1v) is 10.3. The SMILES string of the molecule is CC(C)C[C@H](N)CNc1nnc(-c2ccc3[nH]nc(-c4ccccc4)c3c2)s1. The number of anilines is 1. The van der Waals surface area contributed by atoms with Crippen molar-refractivity contribution in [2.75, 3.05) is 11.9 Å². The molecule has 2 heterocycles. The van der Waals surface area contributed by atoms with Gasteiger partial charge in [-0.2, -0.15) is 5.10 Å². The van der Waals surface area contributed by atoms with Gasteiger partial charge in [0.25, 0.3) is 0 Å². The van der Waals surface area contributed by atoms with E-state index in [9.17, 15) is 0 Å². The van der Waals surface area contributed by atoms with E-state index in [1.54, 1.807) is 11.3 Å². The van der Waals surface area contributed by atoms with Crippen molar-refractivity contribution in [3.8, 4) is 21.8 Å². The predicted molar refractivity (Wildman–Crippen MR) is 116 cm³/mol. The Morgan fingerprint density at radius 1 is 1.07 bits per heavy atom. The first kappa shape index (κ1) is 18.6. The van der Waals surface area contributed by atoms with Crippen LogP contribution in [-0.4, -0.2) is 33.0 Å². The highest BCUT2D eigenvalue weighted by Gasteiger charge is 2.13. The highest BCUT2D eigenvalue weighted by Crippen LogP contribution is 2.32. The maximum absolute atomic E-state index is 6.15. The summed E-state index contributed by atoms with van der Waals surface area (Å²) in [6.45, 7) is 5.06. The molecule has 1 atom stereocenters. The summed E-state index contributed by atoms with van der Waals surface area (Å²) in [5.74, 6) is 0.585. The molecule has 0 aliphatic heterocycles. The molecule has 0 radical (unpaired) electrons. The number of nitrogens with two attached hydrogens (primary N) is 1. The Hall–Kier alpha value is -2.77. The minimum atomic E-state index is 0.114. The van der Waals surface area contributed by atoms with Gasteiger partial charge in [0.2, 0.25) is 5.13 Å². The van der Waals surface area contributed by atoms with Crippen molar-refractivity contribution >= 4 is 27.4 Å². The molecule has 7 heteroatoms. The lowest BCUT2D eigenvalue weighted by Crippen LogP contribution is -2.30. The maximum Gasteiger partial charge on any atom is 0.206 e. The summed E-state index contributed by atoms with van der Waals surface area (Å²) in [6, 6.07) is 16.5. The smallest absolute Gasteiger partial charge is 0.206 e. The second-order valence-electron chi connectivity index (χ2n) is 7.38. The van der Waals surface area contributed by atoms with Gasteiger partial charge in [-0.3, -0.25) is 5.10 Å². The standard InChI is InChI=1S/C21H24N6S/c1-13(2)10-16(22)12-23-21-27-26-20(28-21)15-8-9-18-17(11-15)19(25-24-18)14-6-4-3-5-7-14/h3-9,11,13,16H,10,12,22H2,1-2H3,(H,23,27)(H,24,25)/t16-/m0/s1. The van der Waals surface area contributed by atoms with Crippen molar-refractivity contribution in [1.29, 1.82) is 0 Å². The molecule has 0 aliphatic carbocycles. The third kappa shape index (κ3) is 4.05. The Morgan fingerprint density at radius 2 is 1.89 bits per heavy atom. The van der Waals surface area contributed by atoms with Gasteiger partial charge < -0.3 is 11.1 Å². The fourth-order valence-electron chi connectivity index (χ4n) is 3.28. The average molecular weight is 393 g/mol. The highest BCUT2D eigenvalue weighted by molar-refractivity contribution is 7.18. The van der Waals surface area contributed by atoms with E-state index < -0.39 is 0 Å². The number of rotatable bonds is 7. The zero-order valence-corrected chi connectivity index (χ0v) is 16.8. The van der Waals surface area contributed by atoms with E-state index in [1.807, 2.05) is 30.3 Å². The van der Waals surface area contributed by atoms with Crippen LogP contribution in [-0.2, 0) is 0 Å². The van der Waals surface area contributed by atoms with Crippen molar-refractivity contribution in [2.45, 2.75) is 26.3 Å². The van der Waals surface area contributed by atoms with Gasteiger partial charge in [0.15, 0.2) is 0 Å². The fraction of sp³-hybridized carbons (Fsp3) is 0.286. The Morgan fingerprint density at radius 3 is 2.68 bits per heavy atom. The van der Waals surface area contributed by atoms with E-state index in [0.29, 0.717) is 12.5 Å². The second-order valence-corrected chi connectivity index (χ2v) is 8.36. The quantitative estimate of drug-likeness (QED) is 0.430. The molecule has 4 aromatic rings. The molecular weight excluding hydrogens is 368 g/mol. The summed E-state index contributed by atoms with van der Waals surface area (Å²) in [5, 5.41) is 22.3. The van der Waals surface area contributed by atoms with Crippen LogP contribution in [0.15, 0.2) is 48.5 Å². The number of nitrogens with one attached hydrogen (secondary N) is 2. The van der Waals surface area contributed by atoms with Crippen LogP contribution in [0, 0.1) is 5.92 Å². The van der Waals surface area contributed by atoms with Gasteiger partial charge >= 0.3 is 0 Å². The highest BCUT2D eigenvalue weighted by atomic mass is 32.1. The first-order valence-electron chi connectivity index (χ1n) is 9.47. The van der Waals surface area contributed by atoms with Crippen LogP contribution in [0.2, 0.25) is 0 Å². The minimum absolute atomic E-state index is 0.114. The molecule has 4 rings (SSSR count). The molecule has 6 nitrogen and oxygen atoms in total. The predicted octanol–water partition coefficient (Wildman–Crippen LogP) is 4.53. The number of hydrogen-bond acceptors (Lipinski definition) is 6. The van der Waals surface area contributed by atoms with E-state index >= 15 is 0 Å². The summed E-state index contributed by atoms with van der Waals surface area (Å²) in [5.41, 5.74) is 10.2. The van der Waals surface area contributed by atoms with E-state index in [2.05, 4.69) is 57.8 Å². The lowest BCUT2D eigenvalue weighted by Gasteiger charge is -2.13. The number of aromatic amines is 1. The van der Waals surface area contributed by atoms with Crippen molar-refractivity contribution in [2.24, 2.45) is 11.7 Å². The van der Waals surface area contributed by atoms with Crippen LogP contribution in [0.3, 0.4) is 0 Å². The molecule has 0 spiro atoms. The zero-order chi connectivity index (χ0) is 19.5. The average Bonchev–Trinajstić information content (AvgIpc) is 3.33. The summed E-state index contributed by atoms with van der Waals surface area (Å²) in [4.78, 5) is 0. The van der Waals surface area contributed by atoms with Gasteiger partial charge in [-0.1, -0.05) is 55.5 Å². The number of hydrogen-bond donors (Lipinski definition) is 3. The van der Waals surface area contributed by atoms with Crippen molar-refractivity contribution in [3.63, 3.8) is 0 Å². The number of fused-ring (bicyclic) bond motifs is 1. The number of aromatic nitrogens is 4. The largest absolute Gasteiger partial charge is 0.359 e. The molecule has 0 fully saturated rings. The van der Waals surface area contributed by atoms with Crippen LogP contribution in [0.1, 0.15) is 20.3 Å². The molecule has 0 amide bonds. The van der Waals surface area contributed by atoms with Gasteiger partial charge in [-0.05, 0) is 30.5 Å². The van der Waals surface area contributed by atoms with Gasteiger partial charge in [-0.15, -0.1) is 10.2 Å². The normalized spacial score (nSPS) is 12.6. The Balaban J connectivity index is 1.56. The van der Waals surface area contributed by atoms with Crippen molar-refractivity contribution in [1.82, 2.24) is 20.4 Å². The molecule has 4 N–H and O–H groups in total. The number of nitrogens with zero attached hydrogens (tertiary/aromatic N) is 3. The molecular formula is C21H24N6S. The second kappa shape index (κ2) is 8.08. The fourth-order valence-corrected chi connectivity index (χ4v) is 4.03. The molecule has 2 aromatic heterocycles. The Labute approximate surface area is 168 Å². The number of benzene rings is 2. The molecule has 2 aromatic carbocycles. The maximum atomic E-state index is 6.15. The third-order valence-corrected chi connectivity index (χ3v) is 5.50. The van der Waals surface area contributed by atoms with Crippen LogP contribution in [0.5, 0.6) is 0 Å². The van der Waals surface area contributed by atoms with Crippen molar-refractivity contribution < 1.29 is 0 Å². The number of H-pyrrole nitrogens is 1. The molecule has 0 aliphatic rings. The monoisotopic (exact) mass is 392 g/mol. The molecule has 144 valence electrons. The third-order valence-electron chi connectivity index (χ3n) is 4.57. The van der Waals surface area contributed by atoms with Gasteiger partial charge in [0.05, 0.1) is 11.2 Å². The van der Waals surface area contributed by atoms with Crippen molar-refractivity contribution in [3.05, 3.63) is 48.5 Å². The molecule has 0 unspecified atom stereocenters. The Kier molecular flexibility index (Phi) is 5.36. The first-order chi connectivity index (χ1) is 13.6. The Bertz CT molecular complexity index is 1050. The van der Waals surface area contributed by atoms with E-state index in [1.165, 1.54) is 0 Å². The lowest BCUT2D eigenvalue weighted by atomic mass is 10.1. The molecule has 0 saturated carbocycles. The minimum Gasteiger partial charge on any atom is -0.359 e. The van der Waals surface area contributed by atoms with E-state index in [0.717, 1.165) is 44.3 Å². The summed E-state index contributed by atoms with van der Waals surface area (Å²) >= 11 is 1.54. The van der Waals surface area contributed by atoms with E-state index in [4.69, 9.17) is 5.73 Å². The van der Waals surface area contributed by atoms with Crippen LogP contribution in [0.25, 0.3) is 32.7 Å². The topological polar surface area (TPSA) is 92.5 Å².